The van der Waals surface area contributed by atoms with Gasteiger partial charge >= 0.3 is 0 Å². The molecule has 1 N–H and O–H groups in total. The third-order valence-corrected chi connectivity index (χ3v) is 2.95. The molecule has 1 heterocycles. The van der Waals surface area contributed by atoms with Crippen molar-refractivity contribution in [3.63, 3.8) is 0 Å². The average Bonchev–Trinajstić information content (AvgIpc) is 2.18. The molecule has 1 aliphatic heterocycles. The lowest BCUT2D eigenvalue weighted by Crippen LogP contribution is -2.48. The maximum atomic E-state index is 10.6. The summed E-state index contributed by atoms with van der Waals surface area (Å²) in [6, 6.07) is 4.89. The molecule has 1 saturated heterocycles. The molecule has 1 aromatic carbocycles. The molecule has 0 spiro atoms. The number of aliphatic hydroxyl groups excluding tert-OH is 1. The maximum Gasteiger partial charge on any atom is 0.269 e. The van der Waals surface area contributed by atoms with Crippen LogP contribution in [0.2, 0.25) is 0 Å². The van der Waals surface area contributed by atoms with Crippen LogP contribution in [0.25, 0.3) is 0 Å². The highest BCUT2D eigenvalue weighted by Crippen LogP contribution is 2.29. The van der Waals surface area contributed by atoms with Crippen LogP contribution in [0, 0.1) is 23.0 Å². The van der Waals surface area contributed by atoms with Gasteiger partial charge in [-0.15, -0.1) is 0 Å². The Morgan fingerprint density at radius 1 is 1.56 bits per heavy atom. The van der Waals surface area contributed by atoms with E-state index in [9.17, 15) is 10.1 Å². The number of nitro groups is 1. The number of hydrogen-bond acceptors (Lipinski definition) is 4. The lowest BCUT2D eigenvalue weighted by molar-refractivity contribution is -0.384. The zero-order valence-electron chi connectivity index (χ0n) is 9.09. The zero-order chi connectivity index (χ0) is 11.7. The number of nitro benzene ring substituents is 1. The molecule has 0 atom stereocenters. The molecule has 0 radical (unpaired) electrons. The van der Waals surface area contributed by atoms with Gasteiger partial charge in [-0.1, -0.05) is 0 Å². The Bertz CT molecular complexity index is 414. The molecule has 0 aromatic heterocycles. The van der Waals surface area contributed by atoms with Crippen molar-refractivity contribution in [1.82, 2.24) is 0 Å². The summed E-state index contributed by atoms with van der Waals surface area (Å²) in [5.74, 6) is 0.342. The largest absolute Gasteiger partial charge is 0.396 e. The van der Waals surface area contributed by atoms with Crippen LogP contribution in [0.5, 0.6) is 0 Å². The fraction of sp³-hybridized carbons (Fsp3) is 0.455. The van der Waals surface area contributed by atoms with Crippen LogP contribution in [0.1, 0.15) is 5.56 Å². The Morgan fingerprint density at radius 3 is 2.75 bits per heavy atom. The first-order valence-corrected chi connectivity index (χ1v) is 5.22. The quantitative estimate of drug-likeness (QED) is 0.619. The molecule has 1 aliphatic rings. The average molecular weight is 222 g/mol. The fourth-order valence-electron chi connectivity index (χ4n) is 1.99. The summed E-state index contributed by atoms with van der Waals surface area (Å²) in [5.41, 5.74) is 2.06. The molecule has 0 aliphatic carbocycles. The summed E-state index contributed by atoms with van der Waals surface area (Å²) < 4.78 is 0. The standard InChI is InChI=1S/C11H14N2O3/c1-8-4-10(13(15)16)2-3-11(8)12-5-9(6-12)7-14/h2-4,9,14H,5-7H2,1H3. The van der Waals surface area contributed by atoms with Gasteiger partial charge in [0.25, 0.3) is 5.69 Å². The van der Waals surface area contributed by atoms with E-state index in [2.05, 4.69) is 4.90 Å². The van der Waals surface area contributed by atoms with Crippen LogP contribution < -0.4 is 4.90 Å². The molecule has 1 aromatic rings. The summed E-state index contributed by atoms with van der Waals surface area (Å²) in [5, 5.41) is 19.5. The summed E-state index contributed by atoms with van der Waals surface area (Å²) >= 11 is 0. The Hall–Kier alpha value is -1.62. The SMILES string of the molecule is Cc1cc([N+](=O)[O-])ccc1N1CC(CO)C1. The van der Waals surface area contributed by atoms with Gasteiger partial charge in [-0.05, 0) is 18.6 Å². The van der Waals surface area contributed by atoms with Gasteiger partial charge in [-0.25, -0.2) is 0 Å². The highest BCUT2D eigenvalue weighted by atomic mass is 16.6. The summed E-state index contributed by atoms with van der Waals surface area (Å²) in [6.07, 6.45) is 0. The highest BCUT2D eigenvalue weighted by molar-refractivity contribution is 5.58. The number of anilines is 1. The summed E-state index contributed by atoms with van der Waals surface area (Å²) in [7, 11) is 0. The molecule has 16 heavy (non-hydrogen) atoms. The second kappa shape index (κ2) is 4.09. The molecule has 0 amide bonds. The molecule has 5 heteroatoms. The molecule has 0 bridgehead atoms. The van der Waals surface area contributed by atoms with Crippen LogP contribution in [0.3, 0.4) is 0 Å². The number of benzene rings is 1. The predicted molar refractivity (Wildman–Crippen MR) is 60.6 cm³/mol. The van der Waals surface area contributed by atoms with Gasteiger partial charge in [-0.2, -0.15) is 0 Å². The van der Waals surface area contributed by atoms with E-state index >= 15 is 0 Å². The van der Waals surface area contributed by atoms with Gasteiger partial charge in [0, 0.05) is 43.4 Å². The smallest absolute Gasteiger partial charge is 0.269 e. The molecule has 0 saturated carbocycles. The Kier molecular flexibility index (Phi) is 2.78. The van der Waals surface area contributed by atoms with Crippen LogP contribution >= 0.6 is 0 Å². The summed E-state index contributed by atoms with van der Waals surface area (Å²) in [6.45, 7) is 3.74. The van der Waals surface area contributed by atoms with E-state index < -0.39 is 0 Å². The maximum absolute atomic E-state index is 10.6. The second-order valence-corrected chi connectivity index (χ2v) is 4.18. The molecular formula is C11H14N2O3. The van der Waals surface area contributed by atoms with Crippen molar-refractivity contribution in [2.24, 2.45) is 5.92 Å². The Morgan fingerprint density at radius 2 is 2.25 bits per heavy atom. The number of aliphatic hydroxyl groups is 1. The Labute approximate surface area is 93.5 Å². The van der Waals surface area contributed by atoms with Crippen molar-refractivity contribution in [2.75, 3.05) is 24.6 Å². The number of nitrogens with zero attached hydrogens (tertiary/aromatic N) is 2. The minimum atomic E-state index is -0.386. The number of non-ortho nitro benzene ring substituents is 1. The van der Waals surface area contributed by atoms with E-state index in [1.54, 1.807) is 12.1 Å². The van der Waals surface area contributed by atoms with Crippen molar-refractivity contribution in [3.8, 4) is 0 Å². The molecule has 2 rings (SSSR count). The fourth-order valence-corrected chi connectivity index (χ4v) is 1.99. The van der Waals surface area contributed by atoms with Crippen molar-refractivity contribution < 1.29 is 10.0 Å². The van der Waals surface area contributed by atoms with Crippen molar-refractivity contribution in [2.45, 2.75) is 6.92 Å². The van der Waals surface area contributed by atoms with E-state index in [1.807, 2.05) is 6.92 Å². The second-order valence-electron chi connectivity index (χ2n) is 4.18. The molecule has 5 nitrogen and oxygen atoms in total. The minimum absolute atomic E-state index is 0.125. The normalized spacial score (nSPS) is 16.0. The van der Waals surface area contributed by atoms with Gasteiger partial charge in [0.1, 0.15) is 0 Å². The molecule has 0 unspecified atom stereocenters. The first kappa shape index (κ1) is 10.9. The van der Waals surface area contributed by atoms with Gasteiger partial charge < -0.3 is 10.0 Å². The lowest BCUT2D eigenvalue weighted by Gasteiger charge is -2.40. The highest BCUT2D eigenvalue weighted by Gasteiger charge is 2.27. The predicted octanol–water partition coefficient (Wildman–Crippen LogP) is 1.33. The number of rotatable bonds is 3. The van der Waals surface area contributed by atoms with E-state index in [1.165, 1.54) is 6.07 Å². The van der Waals surface area contributed by atoms with Gasteiger partial charge in [0.15, 0.2) is 0 Å². The third-order valence-electron chi connectivity index (χ3n) is 2.95. The molecule has 1 fully saturated rings. The zero-order valence-corrected chi connectivity index (χ0v) is 9.09. The number of hydrogen-bond donors (Lipinski definition) is 1. The number of aryl methyl sites for hydroxylation is 1. The first-order valence-electron chi connectivity index (χ1n) is 5.22. The lowest BCUT2D eigenvalue weighted by atomic mass is 9.99. The topological polar surface area (TPSA) is 66.6 Å². The monoisotopic (exact) mass is 222 g/mol. The van der Waals surface area contributed by atoms with E-state index in [0.717, 1.165) is 24.3 Å². The van der Waals surface area contributed by atoms with E-state index in [0.29, 0.717) is 5.92 Å². The Balaban J connectivity index is 2.15. The van der Waals surface area contributed by atoms with Crippen LogP contribution in [-0.2, 0) is 0 Å². The summed E-state index contributed by atoms with van der Waals surface area (Å²) in [4.78, 5) is 12.3. The van der Waals surface area contributed by atoms with Crippen LogP contribution in [0.4, 0.5) is 11.4 Å². The van der Waals surface area contributed by atoms with Crippen molar-refractivity contribution >= 4 is 11.4 Å². The van der Waals surface area contributed by atoms with Gasteiger partial charge in [0.2, 0.25) is 0 Å². The van der Waals surface area contributed by atoms with Gasteiger partial charge in [0.05, 0.1) is 4.92 Å². The van der Waals surface area contributed by atoms with E-state index in [4.69, 9.17) is 5.11 Å². The minimum Gasteiger partial charge on any atom is -0.396 e. The third kappa shape index (κ3) is 1.86. The van der Waals surface area contributed by atoms with Crippen LogP contribution in [0.15, 0.2) is 18.2 Å². The molecular weight excluding hydrogens is 208 g/mol. The molecule has 86 valence electrons. The van der Waals surface area contributed by atoms with E-state index in [-0.39, 0.29) is 17.2 Å². The van der Waals surface area contributed by atoms with Gasteiger partial charge in [-0.3, -0.25) is 10.1 Å². The van der Waals surface area contributed by atoms with Crippen LogP contribution in [-0.4, -0.2) is 29.7 Å². The first-order chi connectivity index (χ1) is 7.61. The van der Waals surface area contributed by atoms with Crippen molar-refractivity contribution in [1.29, 1.82) is 0 Å². The van der Waals surface area contributed by atoms with Crippen molar-refractivity contribution in [3.05, 3.63) is 33.9 Å².